The second-order valence-electron chi connectivity index (χ2n) is 11.8. The molecule has 0 unspecified atom stereocenters. The summed E-state index contributed by atoms with van der Waals surface area (Å²) >= 11 is 0. The summed E-state index contributed by atoms with van der Waals surface area (Å²) in [7, 11) is 0. The molecular weight excluding hydrogens is 554 g/mol. The van der Waals surface area contributed by atoms with Crippen LogP contribution in [0.25, 0.3) is 6.08 Å². The first-order chi connectivity index (χ1) is 21.3. The summed E-state index contributed by atoms with van der Waals surface area (Å²) in [5.74, 6) is -0.329. The molecule has 0 radical (unpaired) electrons. The first-order valence-electron chi connectivity index (χ1n) is 16.8. The number of unbranched alkanes of at least 4 members (excludes halogenated alkanes) is 9. The smallest absolute Gasteiger partial charge is 0.330 e. The number of aromatic hydroxyl groups is 1. The van der Waals surface area contributed by atoms with E-state index in [0.29, 0.717) is 12.8 Å². The SMILES string of the molecule is CCCCCCC[C@H](O)C/C=C\CCCCCCCC(=O)N(CCO)CCOC(=O)/C=C/c1ccc(O)c(CC=C(C)C)c1. The standard InChI is InChI=1S/C37H59NO6/c1-4-5-6-11-14-17-34(40)18-15-12-9-7-8-10-13-16-19-36(42)38(26-28-39)27-29-44-37(43)25-22-32-21-24-35(41)33(30-32)23-20-31(2)3/h12,15,20-22,24-25,30,34,39-41H,4-11,13-14,16-19,23,26-29H2,1-3H3/b15-12-,25-22+/t34-/m0/s1. The number of benzene rings is 1. The molecule has 0 saturated carbocycles. The first kappa shape index (κ1) is 39.1. The van der Waals surface area contributed by atoms with Crippen LogP contribution in [0.5, 0.6) is 5.75 Å². The number of rotatable bonds is 25. The molecule has 0 heterocycles. The molecule has 0 saturated heterocycles. The van der Waals surface area contributed by atoms with Crippen molar-refractivity contribution in [3.8, 4) is 5.75 Å². The minimum atomic E-state index is -0.510. The highest BCUT2D eigenvalue weighted by Gasteiger charge is 2.13. The molecule has 1 rings (SSSR count). The molecule has 1 aromatic carbocycles. The van der Waals surface area contributed by atoms with Crippen molar-refractivity contribution in [2.45, 2.75) is 123 Å². The van der Waals surface area contributed by atoms with Gasteiger partial charge in [-0.3, -0.25) is 4.79 Å². The van der Waals surface area contributed by atoms with Crippen molar-refractivity contribution in [2.24, 2.45) is 0 Å². The van der Waals surface area contributed by atoms with E-state index in [2.05, 4.69) is 19.1 Å². The second-order valence-corrected chi connectivity index (χ2v) is 11.8. The Morgan fingerprint density at radius 2 is 1.68 bits per heavy atom. The number of nitrogens with zero attached hydrogens (tertiary/aromatic N) is 1. The molecule has 0 aliphatic rings. The zero-order valence-electron chi connectivity index (χ0n) is 27.6. The van der Waals surface area contributed by atoms with Crippen LogP contribution in [-0.2, 0) is 20.7 Å². The van der Waals surface area contributed by atoms with Crippen LogP contribution in [0, 0.1) is 0 Å². The molecule has 1 aromatic rings. The Labute approximate surface area is 266 Å². The van der Waals surface area contributed by atoms with E-state index in [0.717, 1.165) is 74.5 Å². The number of phenolic OH excluding ortho intramolecular Hbond substituents is 1. The lowest BCUT2D eigenvalue weighted by Crippen LogP contribution is -2.36. The summed E-state index contributed by atoms with van der Waals surface area (Å²) in [6, 6.07) is 5.18. The summed E-state index contributed by atoms with van der Waals surface area (Å²) in [4.78, 5) is 26.4. The Bertz CT molecular complexity index is 1010. The lowest BCUT2D eigenvalue weighted by molar-refractivity contribution is -0.141. The van der Waals surface area contributed by atoms with Crippen LogP contribution in [0.1, 0.15) is 122 Å². The van der Waals surface area contributed by atoms with Crippen LogP contribution in [-0.4, -0.2) is 64.5 Å². The number of allylic oxidation sites excluding steroid dienone is 3. The molecular formula is C37H59NO6. The fraction of sp³-hybridized carbons (Fsp3) is 0.622. The maximum Gasteiger partial charge on any atom is 0.330 e. The zero-order valence-corrected chi connectivity index (χ0v) is 27.6. The van der Waals surface area contributed by atoms with Crippen LogP contribution < -0.4 is 0 Å². The Morgan fingerprint density at radius 3 is 2.43 bits per heavy atom. The van der Waals surface area contributed by atoms with Crippen LogP contribution in [0.4, 0.5) is 0 Å². The number of ether oxygens (including phenoxy) is 1. The molecule has 0 aromatic heterocycles. The highest BCUT2D eigenvalue weighted by molar-refractivity contribution is 5.87. The largest absolute Gasteiger partial charge is 0.508 e. The third-order valence-electron chi connectivity index (χ3n) is 7.55. The molecule has 7 nitrogen and oxygen atoms in total. The maximum absolute atomic E-state index is 12.7. The average Bonchev–Trinajstić information content (AvgIpc) is 3.00. The fourth-order valence-electron chi connectivity index (χ4n) is 4.84. The predicted octanol–water partition coefficient (Wildman–Crippen LogP) is 7.68. The normalized spacial score (nSPS) is 12.1. The second kappa shape index (κ2) is 25.4. The Balaban J connectivity index is 2.22. The van der Waals surface area contributed by atoms with Gasteiger partial charge in [-0.25, -0.2) is 4.79 Å². The van der Waals surface area contributed by atoms with E-state index >= 15 is 0 Å². The van der Waals surface area contributed by atoms with Gasteiger partial charge in [-0.15, -0.1) is 0 Å². The number of hydrogen-bond acceptors (Lipinski definition) is 6. The first-order valence-corrected chi connectivity index (χ1v) is 16.8. The molecule has 0 aliphatic carbocycles. The van der Waals surface area contributed by atoms with E-state index in [4.69, 9.17) is 4.74 Å². The van der Waals surface area contributed by atoms with Crippen LogP contribution >= 0.6 is 0 Å². The highest BCUT2D eigenvalue weighted by atomic mass is 16.5. The average molecular weight is 614 g/mol. The van der Waals surface area contributed by atoms with E-state index in [9.17, 15) is 24.9 Å². The molecule has 0 bridgehead atoms. The summed E-state index contributed by atoms with van der Waals surface area (Å²) in [6.07, 6.45) is 24.0. The van der Waals surface area contributed by atoms with Crippen molar-refractivity contribution in [3.05, 3.63) is 59.2 Å². The third-order valence-corrected chi connectivity index (χ3v) is 7.55. The number of phenols is 1. The van der Waals surface area contributed by atoms with E-state index in [1.54, 1.807) is 23.1 Å². The van der Waals surface area contributed by atoms with Gasteiger partial charge in [0.2, 0.25) is 5.91 Å². The molecule has 0 spiro atoms. The van der Waals surface area contributed by atoms with Crippen LogP contribution in [0.2, 0.25) is 0 Å². The minimum Gasteiger partial charge on any atom is -0.508 e. The van der Waals surface area contributed by atoms with Crippen LogP contribution in [0.3, 0.4) is 0 Å². The molecule has 0 fully saturated rings. The number of carbonyl (C=O) groups excluding carboxylic acids is 2. The molecule has 248 valence electrons. The summed E-state index contributed by atoms with van der Waals surface area (Å²) in [5.41, 5.74) is 2.72. The van der Waals surface area contributed by atoms with E-state index in [1.165, 1.54) is 31.8 Å². The summed E-state index contributed by atoms with van der Waals surface area (Å²) < 4.78 is 5.28. The van der Waals surface area contributed by atoms with Gasteiger partial charge in [0, 0.05) is 19.0 Å². The lowest BCUT2D eigenvalue weighted by Gasteiger charge is -2.21. The van der Waals surface area contributed by atoms with Gasteiger partial charge in [-0.1, -0.05) is 88.2 Å². The third kappa shape index (κ3) is 20.1. The number of amides is 1. The number of esters is 1. The summed E-state index contributed by atoms with van der Waals surface area (Å²) in [6.45, 7) is 6.59. The van der Waals surface area contributed by atoms with Crippen LogP contribution in [0.15, 0.2) is 48.1 Å². The zero-order chi connectivity index (χ0) is 32.4. The Hall–Kier alpha value is -2.90. The van der Waals surface area contributed by atoms with E-state index < -0.39 is 5.97 Å². The maximum atomic E-state index is 12.7. The predicted molar refractivity (Wildman–Crippen MR) is 180 cm³/mol. The quantitative estimate of drug-likeness (QED) is 0.0452. The van der Waals surface area contributed by atoms with E-state index in [1.807, 2.05) is 26.0 Å². The fourth-order valence-corrected chi connectivity index (χ4v) is 4.84. The molecule has 0 aliphatic heterocycles. The highest BCUT2D eigenvalue weighted by Crippen LogP contribution is 2.21. The van der Waals surface area contributed by atoms with Gasteiger partial charge >= 0.3 is 5.97 Å². The number of aliphatic hydroxyl groups excluding tert-OH is 2. The van der Waals surface area contributed by atoms with Crippen molar-refractivity contribution in [1.29, 1.82) is 0 Å². The minimum absolute atomic E-state index is 0.0366. The molecule has 1 atom stereocenters. The molecule has 7 heteroatoms. The van der Waals surface area contributed by atoms with Gasteiger partial charge in [0.05, 0.1) is 19.3 Å². The van der Waals surface area contributed by atoms with Gasteiger partial charge in [-0.2, -0.15) is 0 Å². The Morgan fingerprint density at radius 1 is 0.955 bits per heavy atom. The number of aliphatic hydroxyl groups is 2. The van der Waals surface area contributed by atoms with Crippen molar-refractivity contribution in [2.75, 3.05) is 26.3 Å². The van der Waals surface area contributed by atoms with Gasteiger partial charge in [-0.05, 0) is 81.7 Å². The number of carbonyl (C=O) groups is 2. The monoisotopic (exact) mass is 613 g/mol. The van der Waals surface area contributed by atoms with Crippen molar-refractivity contribution in [1.82, 2.24) is 4.90 Å². The summed E-state index contributed by atoms with van der Waals surface area (Å²) in [5, 5.41) is 29.5. The topological polar surface area (TPSA) is 107 Å². The lowest BCUT2D eigenvalue weighted by atomic mass is 10.1. The van der Waals surface area contributed by atoms with Crippen molar-refractivity contribution >= 4 is 18.0 Å². The van der Waals surface area contributed by atoms with Crippen molar-refractivity contribution < 1.29 is 29.6 Å². The van der Waals surface area contributed by atoms with Gasteiger partial charge in [0.15, 0.2) is 0 Å². The van der Waals surface area contributed by atoms with Crippen molar-refractivity contribution in [3.63, 3.8) is 0 Å². The van der Waals surface area contributed by atoms with Gasteiger partial charge in [0.1, 0.15) is 12.4 Å². The molecule has 3 N–H and O–H groups in total. The van der Waals surface area contributed by atoms with Gasteiger partial charge in [0.25, 0.3) is 0 Å². The number of hydrogen-bond donors (Lipinski definition) is 3. The van der Waals surface area contributed by atoms with Gasteiger partial charge < -0.3 is 25.0 Å². The molecule has 44 heavy (non-hydrogen) atoms. The van der Waals surface area contributed by atoms with E-state index in [-0.39, 0.29) is 44.1 Å². The molecule has 1 amide bonds. The Kier molecular flexibility index (Phi) is 22.6.